The monoisotopic (exact) mass is 306 g/mol. The highest BCUT2D eigenvalue weighted by Crippen LogP contribution is 2.19. The SMILES string of the molecule is CN(C)c1ccc(C(=O)Nc2ccc(-c3ncc[nH]3)cc2)cc1. The van der Waals surface area contributed by atoms with Crippen molar-refractivity contribution in [2.75, 3.05) is 24.3 Å². The van der Waals surface area contributed by atoms with E-state index < -0.39 is 0 Å². The standard InChI is InChI=1S/C18H18N4O/c1-22(2)16-9-5-14(6-10-16)18(23)21-15-7-3-13(4-8-15)17-19-11-12-20-17/h3-12H,1-2H3,(H,19,20)(H,21,23). The predicted molar refractivity (Wildman–Crippen MR) is 92.7 cm³/mol. The van der Waals surface area contributed by atoms with E-state index in [1.807, 2.05) is 67.5 Å². The number of nitrogens with zero attached hydrogens (tertiary/aromatic N) is 2. The Morgan fingerprint density at radius 3 is 2.30 bits per heavy atom. The summed E-state index contributed by atoms with van der Waals surface area (Å²) in [4.78, 5) is 21.5. The lowest BCUT2D eigenvalue weighted by Crippen LogP contribution is -2.13. The zero-order valence-electron chi connectivity index (χ0n) is 13.1. The molecule has 23 heavy (non-hydrogen) atoms. The summed E-state index contributed by atoms with van der Waals surface area (Å²) in [6.07, 6.45) is 3.49. The molecular weight excluding hydrogens is 288 g/mol. The lowest BCUT2D eigenvalue weighted by molar-refractivity contribution is 0.102. The fourth-order valence-corrected chi connectivity index (χ4v) is 2.25. The minimum absolute atomic E-state index is 0.124. The first-order valence-electron chi connectivity index (χ1n) is 7.32. The molecule has 116 valence electrons. The maximum Gasteiger partial charge on any atom is 0.255 e. The van der Waals surface area contributed by atoms with Gasteiger partial charge in [-0.3, -0.25) is 4.79 Å². The molecule has 5 heteroatoms. The lowest BCUT2D eigenvalue weighted by atomic mass is 10.1. The lowest BCUT2D eigenvalue weighted by Gasteiger charge is -2.12. The van der Waals surface area contributed by atoms with E-state index in [2.05, 4.69) is 15.3 Å². The maximum atomic E-state index is 12.3. The number of hydrogen-bond donors (Lipinski definition) is 2. The first-order valence-corrected chi connectivity index (χ1v) is 7.32. The second-order valence-corrected chi connectivity index (χ2v) is 5.41. The Kier molecular flexibility index (Phi) is 4.10. The number of amides is 1. The van der Waals surface area contributed by atoms with E-state index in [9.17, 15) is 4.79 Å². The summed E-state index contributed by atoms with van der Waals surface area (Å²) in [5, 5.41) is 2.90. The second kappa shape index (κ2) is 6.36. The van der Waals surface area contributed by atoms with Crippen molar-refractivity contribution in [3.05, 3.63) is 66.5 Å². The maximum absolute atomic E-state index is 12.3. The average molecular weight is 306 g/mol. The van der Waals surface area contributed by atoms with Crippen LogP contribution in [0.1, 0.15) is 10.4 Å². The Morgan fingerprint density at radius 1 is 1.04 bits per heavy atom. The normalized spacial score (nSPS) is 10.3. The molecule has 1 amide bonds. The molecule has 1 heterocycles. The number of imidazole rings is 1. The highest BCUT2D eigenvalue weighted by molar-refractivity contribution is 6.04. The molecule has 1 aromatic heterocycles. The van der Waals surface area contributed by atoms with Crippen LogP contribution in [0, 0.1) is 0 Å². The molecule has 0 bridgehead atoms. The van der Waals surface area contributed by atoms with Gasteiger partial charge in [0.2, 0.25) is 0 Å². The molecule has 0 aliphatic rings. The molecule has 0 fully saturated rings. The Morgan fingerprint density at radius 2 is 1.74 bits per heavy atom. The van der Waals surface area contributed by atoms with Crippen molar-refractivity contribution >= 4 is 17.3 Å². The first-order chi connectivity index (χ1) is 11.1. The summed E-state index contributed by atoms with van der Waals surface area (Å²) in [6, 6.07) is 15.1. The van der Waals surface area contributed by atoms with E-state index in [1.54, 1.807) is 12.4 Å². The number of aromatic amines is 1. The van der Waals surface area contributed by atoms with Gasteiger partial charge in [-0.05, 0) is 48.5 Å². The highest BCUT2D eigenvalue weighted by atomic mass is 16.1. The molecule has 2 aromatic carbocycles. The Hall–Kier alpha value is -3.08. The van der Waals surface area contributed by atoms with Crippen molar-refractivity contribution in [3.8, 4) is 11.4 Å². The van der Waals surface area contributed by atoms with E-state index >= 15 is 0 Å². The van der Waals surface area contributed by atoms with Crippen molar-refractivity contribution in [2.24, 2.45) is 0 Å². The van der Waals surface area contributed by atoms with Crippen molar-refractivity contribution in [2.45, 2.75) is 0 Å². The van der Waals surface area contributed by atoms with Crippen LogP contribution in [0.2, 0.25) is 0 Å². The Labute approximate surface area is 135 Å². The fraction of sp³-hybridized carbons (Fsp3) is 0.111. The molecule has 0 aliphatic heterocycles. The average Bonchev–Trinajstić information content (AvgIpc) is 3.10. The van der Waals surface area contributed by atoms with Crippen LogP contribution in [-0.2, 0) is 0 Å². The van der Waals surface area contributed by atoms with Crippen LogP contribution in [0.15, 0.2) is 60.9 Å². The molecule has 0 atom stereocenters. The van der Waals surface area contributed by atoms with Gasteiger partial charge in [-0.15, -0.1) is 0 Å². The van der Waals surface area contributed by atoms with Gasteiger partial charge in [0.05, 0.1) is 0 Å². The molecule has 3 aromatic rings. The minimum atomic E-state index is -0.124. The molecule has 2 N–H and O–H groups in total. The van der Waals surface area contributed by atoms with Crippen molar-refractivity contribution in [1.82, 2.24) is 9.97 Å². The smallest absolute Gasteiger partial charge is 0.255 e. The third-order valence-corrected chi connectivity index (χ3v) is 3.56. The zero-order chi connectivity index (χ0) is 16.2. The van der Waals surface area contributed by atoms with Crippen LogP contribution in [0.4, 0.5) is 11.4 Å². The zero-order valence-corrected chi connectivity index (χ0v) is 13.1. The van der Waals surface area contributed by atoms with Crippen LogP contribution in [0.3, 0.4) is 0 Å². The summed E-state index contributed by atoms with van der Waals surface area (Å²) < 4.78 is 0. The van der Waals surface area contributed by atoms with Crippen LogP contribution < -0.4 is 10.2 Å². The molecule has 0 saturated heterocycles. The molecule has 0 saturated carbocycles. The van der Waals surface area contributed by atoms with Crippen LogP contribution in [0.5, 0.6) is 0 Å². The molecule has 0 radical (unpaired) electrons. The van der Waals surface area contributed by atoms with E-state index in [1.165, 1.54) is 0 Å². The Balaban J connectivity index is 1.70. The number of anilines is 2. The van der Waals surface area contributed by atoms with Gasteiger partial charge in [0, 0.05) is 49.0 Å². The number of rotatable bonds is 4. The number of aromatic nitrogens is 2. The van der Waals surface area contributed by atoms with Crippen LogP contribution in [0.25, 0.3) is 11.4 Å². The number of nitrogens with one attached hydrogen (secondary N) is 2. The van der Waals surface area contributed by atoms with Crippen molar-refractivity contribution < 1.29 is 4.79 Å². The molecule has 0 aliphatic carbocycles. The van der Waals surface area contributed by atoms with Gasteiger partial charge in [-0.25, -0.2) is 4.98 Å². The summed E-state index contributed by atoms with van der Waals surface area (Å²) in [7, 11) is 3.94. The summed E-state index contributed by atoms with van der Waals surface area (Å²) in [6.45, 7) is 0. The third-order valence-electron chi connectivity index (χ3n) is 3.56. The number of carbonyl (C=O) groups excluding carboxylic acids is 1. The van der Waals surface area contributed by atoms with Crippen LogP contribution in [-0.4, -0.2) is 30.0 Å². The molecule has 5 nitrogen and oxygen atoms in total. The van der Waals surface area contributed by atoms with E-state index in [0.29, 0.717) is 5.56 Å². The number of benzene rings is 2. The topological polar surface area (TPSA) is 61.0 Å². The number of hydrogen-bond acceptors (Lipinski definition) is 3. The molecular formula is C18H18N4O. The summed E-state index contributed by atoms with van der Waals surface area (Å²) in [5.74, 6) is 0.684. The summed E-state index contributed by atoms with van der Waals surface area (Å²) in [5.41, 5.74) is 3.42. The second-order valence-electron chi connectivity index (χ2n) is 5.41. The van der Waals surface area contributed by atoms with Gasteiger partial charge in [0.15, 0.2) is 0 Å². The van der Waals surface area contributed by atoms with Gasteiger partial charge in [0.25, 0.3) is 5.91 Å². The highest BCUT2D eigenvalue weighted by Gasteiger charge is 2.07. The predicted octanol–water partition coefficient (Wildman–Crippen LogP) is 3.40. The fourth-order valence-electron chi connectivity index (χ4n) is 2.25. The molecule has 3 rings (SSSR count). The van der Waals surface area contributed by atoms with Gasteiger partial charge in [0.1, 0.15) is 5.82 Å². The quantitative estimate of drug-likeness (QED) is 0.776. The minimum Gasteiger partial charge on any atom is -0.378 e. The summed E-state index contributed by atoms with van der Waals surface area (Å²) >= 11 is 0. The van der Waals surface area contributed by atoms with E-state index in [0.717, 1.165) is 22.8 Å². The van der Waals surface area contributed by atoms with Gasteiger partial charge < -0.3 is 15.2 Å². The number of carbonyl (C=O) groups is 1. The van der Waals surface area contributed by atoms with E-state index in [-0.39, 0.29) is 5.91 Å². The largest absolute Gasteiger partial charge is 0.378 e. The Bertz CT molecular complexity index is 775. The van der Waals surface area contributed by atoms with Gasteiger partial charge in [-0.2, -0.15) is 0 Å². The van der Waals surface area contributed by atoms with Crippen molar-refractivity contribution in [3.63, 3.8) is 0 Å². The molecule has 0 unspecified atom stereocenters. The van der Waals surface area contributed by atoms with Gasteiger partial charge >= 0.3 is 0 Å². The van der Waals surface area contributed by atoms with Gasteiger partial charge in [-0.1, -0.05) is 0 Å². The van der Waals surface area contributed by atoms with E-state index in [4.69, 9.17) is 0 Å². The van der Waals surface area contributed by atoms with Crippen molar-refractivity contribution in [1.29, 1.82) is 0 Å². The van der Waals surface area contributed by atoms with Crippen LogP contribution >= 0.6 is 0 Å². The molecule has 0 spiro atoms. The first kappa shape index (κ1) is 14.8. The number of H-pyrrole nitrogens is 1. The third kappa shape index (κ3) is 3.40.